The Morgan fingerprint density at radius 2 is 1.61 bits per heavy atom. The SMILES string of the molecule is CCOC(=O)c1nn(-c2ccccc2)cc1OCC(=O)Nc1c(C(C)C)cccc1C(C)C. The number of nitrogens with zero attached hydrogens (tertiary/aromatic N) is 2. The van der Waals surface area contributed by atoms with Crippen molar-refractivity contribution in [2.45, 2.75) is 46.5 Å². The van der Waals surface area contributed by atoms with Gasteiger partial charge in [-0.2, -0.15) is 5.10 Å². The molecule has 2 aromatic carbocycles. The number of benzene rings is 2. The third kappa shape index (κ3) is 5.80. The van der Waals surface area contributed by atoms with E-state index in [9.17, 15) is 9.59 Å². The van der Waals surface area contributed by atoms with Crippen molar-refractivity contribution in [2.75, 3.05) is 18.5 Å². The minimum absolute atomic E-state index is 0.0268. The van der Waals surface area contributed by atoms with Crippen LogP contribution in [0.5, 0.6) is 5.75 Å². The summed E-state index contributed by atoms with van der Waals surface area (Å²) in [5, 5.41) is 7.34. The van der Waals surface area contributed by atoms with E-state index in [1.807, 2.05) is 48.5 Å². The van der Waals surface area contributed by atoms with Crippen molar-refractivity contribution in [3.63, 3.8) is 0 Å². The first-order chi connectivity index (χ1) is 15.8. The zero-order chi connectivity index (χ0) is 24.0. The summed E-state index contributed by atoms with van der Waals surface area (Å²) in [6.07, 6.45) is 1.58. The molecule has 1 amide bonds. The van der Waals surface area contributed by atoms with E-state index in [4.69, 9.17) is 9.47 Å². The standard InChI is InChI=1S/C26H31N3O4/c1-6-32-26(31)25-22(15-29(28-25)19-11-8-7-9-12-19)33-16-23(30)27-24-20(17(2)3)13-10-14-21(24)18(4)5/h7-15,17-18H,6,16H2,1-5H3,(H,27,30). The van der Waals surface area contributed by atoms with Crippen LogP contribution in [-0.4, -0.2) is 34.9 Å². The number of aromatic nitrogens is 2. The van der Waals surface area contributed by atoms with Crippen molar-refractivity contribution in [1.29, 1.82) is 0 Å². The van der Waals surface area contributed by atoms with Gasteiger partial charge in [-0.05, 0) is 42.0 Å². The second-order valence-corrected chi connectivity index (χ2v) is 8.30. The van der Waals surface area contributed by atoms with Gasteiger partial charge in [-0.15, -0.1) is 0 Å². The smallest absolute Gasteiger partial charge is 0.362 e. The first-order valence-electron chi connectivity index (χ1n) is 11.2. The number of hydrogen-bond donors (Lipinski definition) is 1. The Kier molecular flexibility index (Phi) is 7.87. The molecule has 1 heterocycles. The van der Waals surface area contributed by atoms with E-state index < -0.39 is 5.97 Å². The average molecular weight is 450 g/mol. The first kappa shape index (κ1) is 24.0. The van der Waals surface area contributed by atoms with Crippen LogP contribution in [0.2, 0.25) is 0 Å². The van der Waals surface area contributed by atoms with Gasteiger partial charge >= 0.3 is 5.97 Å². The van der Waals surface area contributed by atoms with Crippen molar-refractivity contribution in [1.82, 2.24) is 9.78 Å². The number of para-hydroxylation sites is 2. The molecule has 0 saturated carbocycles. The summed E-state index contributed by atoms with van der Waals surface area (Å²) in [6.45, 7) is 10.0. The summed E-state index contributed by atoms with van der Waals surface area (Å²) < 4.78 is 12.4. The highest BCUT2D eigenvalue weighted by Gasteiger charge is 2.22. The summed E-state index contributed by atoms with van der Waals surface area (Å²) in [5.74, 6) is -0.227. The predicted octanol–water partition coefficient (Wildman–Crippen LogP) is 5.31. The Morgan fingerprint density at radius 3 is 2.18 bits per heavy atom. The fourth-order valence-electron chi connectivity index (χ4n) is 3.53. The zero-order valence-electron chi connectivity index (χ0n) is 19.8. The molecule has 0 atom stereocenters. The van der Waals surface area contributed by atoms with E-state index in [0.717, 1.165) is 22.5 Å². The van der Waals surface area contributed by atoms with Crippen LogP contribution in [0.25, 0.3) is 5.69 Å². The molecule has 0 spiro atoms. The molecule has 1 aromatic heterocycles. The highest BCUT2D eigenvalue weighted by atomic mass is 16.5. The molecule has 7 heteroatoms. The topological polar surface area (TPSA) is 82.4 Å². The van der Waals surface area contributed by atoms with Crippen molar-refractivity contribution in [2.24, 2.45) is 0 Å². The van der Waals surface area contributed by atoms with Crippen molar-refractivity contribution in [3.05, 3.63) is 71.5 Å². The van der Waals surface area contributed by atoms with Crippen molar-refractivity contribution >= 4 is 17.6 Å². The highest BCUT2D eigenvalue weighted by Crippen LogP contribution is 2.32. The molecule has 3 aromatic rings. The Morgan fingerprint density at radius 1 is 0.970 bits per heavy atom. The molecule has 3 rings (SSSR count). The van der Waals surface area contributed by atoms with Gasteiger partial charge in [0.2, 0.25) is 5.69 Å². The lowest BCUT2D eigenvalue weighted by Gasteiger charge is -2.20. The number of hydrogen-bond acceptors (Lipinski definition) is 5. The van der Waals surface area contributed by atoms with E-state index in [2.05, 4.69) is 38.1 Å². The quantitative estimate of drug-likeness (QED) is 0.448. The molecule has 0 saturated heterocycles. The van der Waals surface area contributed by atoms with Gasteiger partial charge < -0.3 is 14.8 Å². The molecule has 0 aliphatic rings. The van der Waals surface area contributed by atoms with E-state index in [1.54, 1.807) is 13.1 Å². The number of amides is 1. The highest BCUT2D eigenvalue weighted by molar-refractivity contribution is 5.94. The minimum atomic E-state index is -0.602. The van der Waals surface area contributed by atoms with Gasteiger partial charge in [0.05, 0.1) is 18.5 Å². The maximum atomic E-state index is 12.8. The Labute approximate surface area is 194 Å². The van der Waals surface area contributed by atoms with Crippen LogP contribution in [0.3, 0.4) is 0 Å². The number of nitrogens with one attached hydrogen (secondary N) is 1. The molecule has 33 heavy (non-hydrogen) atoms. The summed E-state index contributed by atoms with van der Waals surface area (Å²) in [7, 11) is 0. The van der Waals surface area contributed by atoms with Crippen LogP contribution in [0.4, 0.5) is 5.69 Å². The van der Waals surface area contributed by atoms with Gasteiger partial charge in [0.15, 0.2) is 12.4 Å². The fourth-order valence-corrected chi connectivity index (χ4v) is 3.53. The molecule has 1 N–H and O–H groups in total. The van der Waals surface area contributed by atoms with Gasteiger partial charge in [0.25, 0.3) is 5.91 Å². The molecule has 7 nitrogen and oxygen atoms in total. The lowest BCUT2D eigenvalue weighted by atomic mass is 9.92. The maximum absolute atomic E-state index is 12.8. The molecule has 0 fully saturated rings. The number of anilines is 1. The van der Waals surface area contributed by atoms with Gasteiger partial charge in [-0.25, -0.2) is 9.48 Å². The zero-order valence-corrected chi connectivity index (χ0v) is 19.8. The molecular weight excluding hydrogens is 418 g/mol. The van der Waals surface area contributed by atoms with Crippen LogP contribution in [0.1, 0.15) is 68.1 Å². The molecule has 174 valence electrons. The lowest BCUT2D eigenvalue weighted by molar-refractivity contribution is -0.118. The number of esters is 1. The van der Waals surface area contributed by atoms with E-state index in [-0.39, 0.29) is 42.4 Å². The summed E-state index contributed by atoms with van der Waals surface area (Å²) in [6, 6.07) is 15.4. The average Bonchev–Trinajstić information content (AvgIpc) is 3.23. The molecule has 0 aliphatic carbocycles. The number of carbonyl (C=O) groups excluding carboxylic acids is 2. The number of ether oxygens (including phenoxy) is 2. The lowest BCUT2D eigenvalue weighted by Crippen LogP contribution is -2.22. The molecule has 0 bridgehead atoms. The Bertz CT molecular complexity index is 1080. The van der Waals surface area contributed by atoms with E-state index in [1.165, 1.54) is 4.68 Å². The van der Waals surface area contributed by atoms with Gasteiger partial charge in [-0.3, -0.25) is 4.79 Å². The van der Waals surface area contributed by atoms with Gasteiger partial charge in [0, 0.05) is 5.69 Å². The Balaban J connectivity index is 1.82. The predicted molar refractivity (Wildman–Crippen MR) is 128 cm³/mol. The molecule has 0 aliphatic heterocycles. The molecule has 0 radical (unpaired) electrons. The first-order valence-corrected chi connectivity index (χ1v) is 11.2. The Hall–Kier alpha value is -3.61. The van der Waals surface area contributed by atoms with Crippen LogP contribution in [0, 0.1) is 0 Å². The molecule has 0 unspecified atom stereocenters. The normalized spacial score (nSPS) is 11.0. The third-order valence-electron chi connectivity index (χ3n) is 5.17. The number of rotatable bonds is 9. The minimum Gasteiger partial charge on any atom is -0.480 e. The van der Waals surface area contributed by atoms with E-state index in [0.29, 0.717) is 0 Å². The number of carbonyl (C=O) groups is 2. The summed E-state index contributed by atoms with van der Waals surface area (Å²) >= 11 is 0. The van der Waals surface area contributed by atoms with Crippen LogP contribution < -0.4 is 10.1 Å². The van der Waals surface area contributed by atoms with Gasteiger partial charge in [-0.1, -0.05) is 64.1 Å². The van der Waals surface area contributed by atoms with Crippen molar-refractivity contribution in [3.8, 4) is 11.4 Å². The maximum Gasteiger partial charge on any atom is 0.362 e. The van der Waals surface area contributed by atoms with Crippen LogP contribution in [0.15, 0.2) is 54.7 Å². The van der Waals surface area contributed by atoms with Crippen LogP contribution >= 0.6 is 0 Å². The van der Waals surface area contributed by atoms with Gasteiger partial charge in [0.1, 0.15) is 0 Å². The second-order valence-electron chi connectivity index (χ2n) is 8.30. The monoisotopic (exact) mass is 449 g/mol. The summed E-state index contributed by atoms with van der Waals surface area (Å²) in [5.41, 5.74) is 3.74. The fraction of sp³-hybridized carbons (Fsp3) is 0.346. The largest absolute Gasteiger partial charge is 0.480 e. The van der Waals surface area contributed by atoms with Crippen LogP contribution in [-0.2, 0) is 9.53 Å². The van der Waals surface area contributed by atoms with E-state index >= 15 is 0 Å². The van der Waals surface area contributed by atoms with Crippen molar-refractivity contribution < 1.29 is 19.1 Å². The summed E-state index contributed by atoms with van der Waals surface area (Å²) in [4.78, 5) is 25.2. The second kappa shape index (κ2) is 10.8. The molecular formula is C26H31N3O4. The third-order valence-corrected chi connectivity index (χ3v) is 5.17.